The monoisotopic (exact) mass is 389 g/mol. The molecule has 1 amide bonds. The Morgan fingerprint density at radius 1 is 1.25 bits per heavy atom. The fourth-order valence-corrected chi connectivity index (χ4v) is 4.09. The van der Waals surface area contributed by atoms with Crippen LogP contribution < -0.4 is 5.32 Å². The van der Waals surface area contributed by atoms with Crippen LogP contribution in [0.3, 0.4) is 0 Å². The first kappa shape index (κ1) is 20.6. The molecule has 2 fully saturated rings. The molecular formula is C21H31N3O4. The van der Waals surface area contributed by atoms with Gasteiger partial charge in [0.05, 0.1) is 24.8 Å². The van der Waals surface area contributed by atoms with E-state index in [0.29, 0.717) is 37.8 Å². The summed E-state index contributed by atoms with van der Waals surface area (Å²) >= 11 is 0. The number of para-hydroxylation sites is 1. The molecule has 28 heavy (non-hydrogen) atoms. The Bertz CT molecular complexity index is 675. The molecule has 0 radical (unpaired) electrons. The maximum atomic E-state index is 13.2. The van der Waals surface area contributed by atoms with Gasteiger partial charge in [-0.3, -0.25) is 14.5 Å². The second-order valence-corrected chi connectivity index (χ2v) is 7.86. The molecule has 1 aliphatic carbocycles. The van der Waals surface area contributed by atoms with Crippen LogP contribution in [-0.4, -0.2) is 78.8 Å². The van der Waals surface area contributed by atoms with E-state index in [2.05, 4.69) is 5.32 Å². The molecule has 0 spiro atoms. The average Bonchev–Trinajstić information content (AvgIpc) is 2.68. The summed E-state index contributed by atoms with van der Waals surface area (Å²) in [5, 5.41) is 12.5. The van der Waals surface area contributed by atoms with Crippen LogP contribution in [-0.2, 0) is 9.53 Å². The number of benzene rings is 1. The predicted octanol–water partition coefficient (Wildman–Crippen LogP) is 2.29. The minimum Gasteiger partial charge on any atom is -0.480 e. The van der Waals surface area contributed by atoms with Crippen molar-refractivity contribution in [3.63, 3.8) is 0 Å². The van der Waals surface area contributed by atoms with Crippen molar-refractivity contribution < 1.29 is 19.4 Å². The molecule has 0 bridgehead atoms. The molecule has 1 aliphatic heterocycles. The summed E-state index contributed by atoms with van der Waals surface area (Å²) < 4.78 is 5.75. The van der Waals surface area contributed by atoms with Gasteiger partial charge in [-0.05, 0) is 32.0 Å². The first-order valence-electron chi connectivity index (χ1n) is 10.2. The number of hydrogen-bond acceptors (Lipinski definition) is 5. The number of amides is 1. The van der Waals surface area contributed by atoms with Crippen LogP contribution in [0.2, 0.25) is 0 Å². The summed E-state index contributed by atoms with van der Waals surface area (Å²) in [6, 6.07) is 8.17. The zero-order chi connectivity index (χ0) is 19.9. The van der Waals surface area contributed by atoms with Gasteiger partial charge in [0.15, 0.2) is 0 Å². The van der Waals surface area contributed by atoms with Crippen LogP contribution in [0.1, 0.15) is 42.5 Å². The lowest BCUT2D eigenvalue weighted by atomic mass is 9.95. The number of carbonyl (C=O) groups excluding carboxylic acids is 1. The van der Waals surface area contributed by atoms with Crippen molar-refractivity contribution in [3.05, 3.63) is 29.8 Å². The van der Waals surface area contributed by atoms with Crippen LogP contribution in [0, 0.1) is 0 Å². The first-order valence-corrected chi connectivity index (χ1v) is 10.2. The van der Waals surface area contributed by atoms with E-state index in [0.717, 1.165) is 18.5 Å². The Hall–Kier alpha value is -2.12. The normalized spacial score (nSPS) is 20.9. The molecule has 1 aromatic rings. The maximum absolute atomic E-state index is 13.2. The van der Waals surface area contributed by atoms with Gasteiger partial charge in [0.2, 0.25) is 0 Å². The molecule has 7 nitrogen and oxygen atoms in total. The second kappa shape index (κ2) is 9.89. The van der Waals surface area contributed by atoms with Gasteiger partial charge in [0.25, 0.3) is 5.91 Å². The minimum absolute atomic E-state index is 0.00750. The van der Waals surface area contributed by atoms with E-state index in [1.54, 1.807) is 11.9 Å². The highest BCUT2D eigenvalue weighted by Gasteiger charge is 2.28. The highest BCUT2D eigenvalue weighted by atomic mass is 16.5. The smallest absolute Gasteiger partial charge is 0.317 e. The zero-order valence-corrected chi connectivity index (χ0v) is 16.6. The van der Waals surface area contributed by atoms with Crippen molar-refractivity contribution in [1.82, 2.24) is 9.80 Å². The number of hydrogen-bond donors (Lipinski definition) is 2. The van der Waals surface area contributed by atoms with E-state index in [4.69, 9.17) is 9.84 Å². The number of rotatable bonds is 7. The summed E-state index contributed by atoms with van der Waals surface area (Å²) in [6.07, 6.45) is 5.90. The Morgan fingerprint density at radius 2 is 2.00 bits per heavy atom. The van der Waals surface area contributed by atoms with Gasteiger partial charge in [-0.2, -0.15) is 0 Å². The second-order valence-electron chi connectivity index (χ2n) is 7.86. The molecular weight excluding hydrogens is 358 g/mol. The Balaban J connectivity index is 1.63. The molecule has 1 saturated heterocycles. The highest BCUT2D eigenvalue weighted by molar-refractivity contribution is 5.99. The third-order valence-electron chi connectivity index (χ3n) is 5.47. The number of morpholine rings is 1. The molecule has 1 unspecified atom stereocenters. The number of carbonyl (C=O) groups is 2. The standard InChI is InChI=1S/C21H31N3O4/c1-23(15-20(25)26)13-17-14-24(11-12-28-17)21(27)18-9-5-6-10-19(18)22-16-7-3-2-4-8-16/h5-6,9-10,16-17,22H,2-4,7-8,11-15H2,1H3,(H,25,26). The summed E-state index contributed by atoms with van der Waals surface area (Å²) in [6.45, 7) is 1.94. The summed E-state index contributed by atoms with van der Waals surface area (Å²) in [5.74, 6) is -0.859. The van der Waals surface area contributed by atoms with E-state index in [1.165, 1.54) is 19.3 Å². The highest BCUT2D eigenvalue weighted by Crippen LogP contribution is 2.25. The van der Waals surface area contributed by atoms with Crippen molar-refractivity contribution in [1.29, 1.82) is 0 Å². The summed E-state index contributed by atoms with van der Waals surface area (Å²) in [4.78, 5) is 27.6. The summed E-state index contributed by atoms with van der Waals surface area (Å²) in [7, 11) is 1.75. The molecule has 2 N–H and O–H groups in total. The Morgan fingerprint density at radius 3 is 2.75 bits per heavy atom. The predicted molar refractivity (Wildman–Crippen MR) is 108 cm³/mol. The summed E-state index contributed by atoms with van der Waals surface area (Å²) in [5.41, 5.74) is 1.61. The van der Waals surface area contributed by atoms with Crippen molar-refractivity contribution in [2.45, 2.75) is 44.2 Å². The molecule has 7 heteroatoms. The maximum Gasteiger partial charge on any atom is 0.317 e. The van der Waals surface area contributed by atoms with Gasteiger partial charge in [0.1, 0.15) is 0 Å². The number of carboxylic acids is 1. The van der Waals surface area contributed by atoms with E-state index in [1.807, 2.05) is 29.2 Å². The van der Waals surface area contributed by atoms with Crippen molar-refractivity contribution in [2.75, 3.05) is 45.2 Å². The Kier molecular flexibility index (Phi) is 7.28. The quantitative estimate of drug-likeness (QED) is 0.745. The third-order valence-corrected chi connectivity index (χ3v) is 5.47. The lowest BCUT2D eigenvalue weighted by molar-refractivity contribution is -0.138. The van der Waals surface area contributed by atoms with Gasteiger partial charge < -0.3 is 20.1 Å². The number of ether oxygens (including phenoxy) is 1. The lowest BCUT2D eigenvalue weighted by Gasteiger charge is -2.35. The number of anilines is 1. The number of aliphatic carboxylic acids is 1. The van der Waals surface area contributed by atoms with Crippen molar-refractivity contribution in [3.8, 4) is 0 Å². The molecule has 154 valence electrons. The van der Waals surface area contributed by atoms with Crippen LogP contribution in [0.15, 0.2) is 24.3 Å². The molecule has 3 rings (SSSR count). The van der Waals surface area contributed by atoms with Crippen molar-refractivity contribution >= 4 is 17.6 Å². The molecule has 1 saturated carbocycles. The van der Waals surface area contributed by atoms with Gasteiger partial charge in [-0.25, -0.2) is 0 Å². The van der Waals surface area contributed by atoms with E-state index >= 15 is 0 Å². The first-order chi connectivity index (χ1) is 13.5. The topological polar surface area (TPSA) is 82.1 Å². The average molecular weight is 389 g/mol. The number of nitrogens with zero attached hydrogens (tertiary/aromatic N) is 2. The van der Waals surface area contributed by atoms with Crippen LogP contribution >= 0.6 is 0 Å². The van der Waals surface area contributed by atoms with Crippen LogP contribution in [0.25, 0.3) is 0 Å². The van der Waals surface area contributed by atoms with E-state index in [-0.39, 0.29) is 18.6 Å². The molecule has 1 aromatic carbocycles. The Labute approximate surface area is 166 Å². The fourth-order valence-electron chi connectivity index (χ4n) is 4.09. The molecule has 1 atom stereocenters. The SMILES string of the molecule is CN(CC(=O)O)CC1CN(C(=O)c2ccccc2NC2CCCCC2)CCO1. The zero-order valence-electron chi connectivity index (χ0n) is 16.6. The van der Waals surface area contributed by atoms with Crippen LogP contribution in [0.4, 0.5) is 5.69 Å². The molecule has 0 aromatic heterocycles. The third kappa shape index (κ3) is 5.69. The molecule has 2 aliphatic rings. The lowest BCUT2D eigenvalue weighted by Crippen LogP contribution is -2.49. The fraction of sp³-hybridized carbons (Fsp3) is 0.619. The van der Waals surface area contributed by atoms with Gasteiger partial charge in [0, 0.05) is 31.4 Å². The minimum atomic E-state index is -0.867. The molecule has 1 heterocycles. The van der Waals surface area contributed by atoms with E-state index < -0.39 is 5.97 Å². The number of carboxylic acid groups (broad SMARTS) is 1. The van der Waals surface area contributed by atoms with E-state index in [9.17, 15) is 9.59 Å². The number of nitrogens with one attached hydrogen (secondary N) is 1. The van der Waals surface area contributed by atoms with Crippen LogP contribution in [0.5, 0.6) is 0 Å². The van der Waals surface area contributed by atoms with Crippen molar-refractivity contribution in [2.24, 2.45) is 0 Å². The number of likely N-dealkylation sites (N-methyl/N-ethyl adjacent to an activating group) is 1. The van der Waals surface area contributed by atoms with Gasteiger partial charge >= 0.3 is 5.97 Å². The van der Waals surface area contributed by atoms with Gasteiger partial charge in [-0.1, -0.05) is 31.4 Å². The largest absolute Gasteiger partial charge is 0.480 e. The van der Waals surface area contributed by atoms with Gasteiger partial charge in [-0.15, -0.1) is 0 Å².